The van der Waals surface area contributed by atoms with Crippen molar-refractivity contribution in [3.63, 3.8) is 0 Å². The molecule has 0 atom stereocenters. The second-order valence-electron chi connectivity index (χ2n) is 39.4. The Balaban J connectivity index is 0.000000160. The van der Waals surface area contributed by atoms with E-state index in [1.807, 2.05) is 110 Å². The monoisotopic (exact) mass is 2230 g/mol. The van der Waals surface area contributed by atoms with Crippen LogP contribution < -0.4 is 48.3 Å². The standard InChI is InChI=1S/C25H24FN3O3.C24H22FN3O3.C19H18BrFN2O2.C19H16BrFN2O2.C12H13FN2O.C7H4BrFO.C6H8BNO3/c1-25(2,3)17-10-16-13-28-29(24(31)23(16)20(26)12-17)21-7-5-6-18(19(21)14-30)15-8-9-27-22(11-15)32-4;1-24(2,3)16-9-15-12-27-28(23(31)22(15)19(25)11-16)20-6-4-5-17(18(20)13-29)14-7-8-26-21(30)10-14;2*1-19(2,3)12-7-11-9-22-23(18(25)17(11)15(21)8-12)16-6-4-5-14(20)13(16)10-24;1-12(2,3)8-4-7-6-14-15-11(16)10(7)9(13)5-8;8-6-2-1-3-7(9)5(6)4-10;1-11-6-4-5(7(9)10)2-3-8-6/h5-13,30H,14H2,1-4H3;4-12,29H,13H2,1-3H3,(H,26,30);4-9,24H,10H2,1-3H3;4-10H,1-3H3;4-6H,1-3H3,(H,15,16);1-4H;2-4,9-10H,1H3. The van der Waals surface area contributed by atoms with Crippen molar-refractivity contribution in [3.05, 3.63) is 404 Å². The molecule has 0 aliphatic carbocycles. The molecular weight excluding hydrogens is 2130 g/mol. The number of aliphatic hydroxyl groups is 3. The number of carbonyl (C=O) groups excluding carboxylic acids is 2. The maximum Gasteiger partial charge on any atom is 0.488 e. The van der Waals surface area contributed by atoms with Crippen molar-refractivity contribution in [1.29, 1.82) is 0 Å². The molecule has 0 spiro atoms. The minimum atomic E-state index is -1.47. The highest BCUT2D eigenvalue weighted by Gasteiger charge is 2.28. The molecular formula is C112H105BBr3F6N13O15. The number of aliphatic hydroxyl groups excluding tert-OH is 3. The number of ether oxygens (including phenoxy) is 2. The number of carbonyl (C=O) groups is 2. The molecule has 0 amide bonds. The van der Waals surface area contributed by atoms with Crippen molar-refractivity contribution < 1.29 is 70.8 Å². The lowest BCUT2D eigenvalue weighted by molar-refractivity contribution is 0.111. The lowest BCUT2D eigenvalue weighted by Gasteiger charge is -2.20. The van der Waals surface area contributed by atoms with Crippen LogP contribution in [0.25, 0.3) is 98.9 Å². The fourth-order valence-corrected chi connectivity index (χ4v) is 17.1. The first-order chi connectivity index (χ1) is 70.8. The average molecular weight is 2240 g/mol. The van der Waals surface area contributed by atoms with Crippen molar-refractivity contribution in [2.24, 2.45) is 0 Å². The molecule has 150 heavy (non-hydrogen) atoms. The van der Waals surface area contributed by atoms with Gasteiger partial charge >= 0.3 is 7.12 Å². The summed E-state index contributed by atoms with van der Waals surface area (Å²) < 4.78 is 102. The van der Waals surface area contributed by atoms with Crippen molar-refractivity contribution in [3.8, 4) is 56.8 Å². The van der Waals surface area contributed by atoms with Crippen LogP contribution >= 0.6 is 47.8 Å². The van der Waals surface area contributed by atoms with Gasteiger partial charge in [0.2, 0.25) is 17.3 Å². The normalized spacial score (nSPS) is 11.5. The van der Waals surface area contributed by atoms with E-state index in [4.69, 9.17) is 19.5 Å². The zero-order chi connectivity index (χ0) is 110. The predicted molar refractivity (Wildman–Crippen MR) is 580 cm³/mol. The number of pyridine rings is 3. The average Bonchev–Trinajstić information content (AvgIpc) is 0.764. The fourth-order valence-electron chi connectivity index (χ4n) is 15.7. The van der Waals surface area contributed by atoms with Crippen molar-refractivity contribution >= 4 is 127 Å². The molecule has 8 heterocycles. The smallest absolute Gasteiger partial charge is 0.481 e. The maximum absolute atomic E-state index is 15.0. The number of H-pyrrole nitrogens is 2. The van der Waals surface area contributed by atoms with Gasteiger partial charge in [-0.1, -0.05) is 162 Å². The quantitative estimate of drug-likeness (QED) is 0.0302. The van der Waals surface area contributed by atoms with Gasteiger partial charge in [0.25, 0.3) is 27.8 Å². The third kappa shape index (κ3) is 25.9. The Morgan fingerprint density at radius 2 is 0.693 bits per heavy atom. The summed E-state index contributed by atoms with van der Waals surface area (Å²) in [5.74, 6) is -2.55. The molecule has 10 aromatic carbocycles. The number of aromatic amines is 2. The van der Waals surface area contributed by atoms with E-state index in [0.717, 1.165) is 52.1 Å². The molecule has 28 nitrogen and oxygen atoms in total. The van der Waals surface area contributed by atoms with E-state index in [1.165, 1.54) is 118 Å². The SMILES string of the molecule is CC(C)(C)c1cc(F)c2c(=O)[nH]ncc2c1.CC(C)(C)c1cc(F)c2c(=O)n(-c3cccc(-c4cc[nH]c(=O)c4)c3CO)ncc2c1.CC(C)(C)c1cc(F)c2c(=O)n(-c3cccc(Br)c3C=O)ncc2c1.CC(C)(C)c1cc(F)c2c(=O)n(-c3cccc(Br)c3CO)ncc2c1.COc1cc(-c2cccc(-n3ncc4cc(C(C)(C)C)cc(F)c4c3=O)c2CO)ccn1.COc1cc(B(O)O)ccn1.O=Cc1c(F)cccc1Br. The van der Waals surface area contributed by atoms with Gasteiger partial charge in [-0.3, -0.25) is 38.4 Å². The van der Waals surface area contributed by atoms with Crippen LogP contribution in [0.3, 0.4) is 0 Å². The van der Waals surface area contributed by atoms with Gasteiger partial charge in [0.15, 0.2) is 12.6 Å². The predicted octanol–water partition coefficient (Wildman–Crippen LogP) is 20.1. The Hall–Kier alpha value is -15.0. The van der Waals surface area contributed by atoms with Gasteiger partial charge in [-0.15, -0.1) is 0 Å². The highest BCUT2D eigenvalue weighted by atomic mass is 79.9. The van der Waals surface area contributed by atoms with Gasteiger partial charge in [0, 0.05) is 93.8 Å². The number of nitrogens with one attached hydrogen (secondary N) is 2. The number of halogens is 9. The Morgan fingerprint density at radius 3 is 1.05 bits per heavy atom. The van der Waals surface area contributed by atoms with Gasteiger partial charge in [0.05, 0.1) is 126 Å². The van der Waals surface area contributed by atoms with Crippen LogP contribution in [0, 0.1) is 34.9 Å². The van der Waals surface area contributed by atoms with Gasteiger partial charge in [-0.05, 0) is 242 Å². The molecule has 0 aliphatic heterocycles. The number of hydrogen-bond acceptors (Lipinski definition) is 22. The second-order valence-corrected chi connectivity index (χ2v) is 42.0. The summed E-state index contributed by atoms with van der Waals surface area (Å²) in [7, 11) is 1.52. The number of nitrogens with zero attached hydrogens (tertiary/aromatic N) is 11. The van der Waals surface area contributed by atoms with Crippen LogP contribution in [-0.4, -0.2) is 124 Å². The minimum absolute atomic E-state index is 0.00753. The molecule has 0 fully saturated rings. The molecule has 18 rings (SSSR count). The van der Waals surface area contributed by atoms with Crippen LogP contribution in [-0.2, 0) is 46.9 Å². The lowest BCUT2D eigenvalue weighted by atomic mass is 9.81. The minimum Gasteiger partial charge on any atom is -0.481 e. The third-order valence-electron chi connectivity index (χ3n) is 24.1. The summed E-state index contributed by atoms with van der Waals surface area (Å²) in [6, 6.07) is 50.4. The van der Waals surface area contributed by atoms with E-state index in [1.54, 1.807) is 128 Å². The van der Waals surface area contributed by atoms with E-state index in [9.17, 15) is 75.6 Å². The van der Waals surface area contributed by atoms with Crippen LogP contribution in [0.2, 0.25) is 0 Å². The highest BCUT2D eigenvalue weighted by molar-refractivity contribution is 9.11. The number of rotatable bonds is 14. The largest absolute Gasteiger partial charge is 0.488 e. The summed E-state index contributed by atoms with van der Waals surface area (Å²) in [4.78, 5) is 107. The van der Waals surface area contributed by atoms with Gasteiger partial charge in [-0.2, -0.15) is 44.2 Å². The Morgan fingerprint density at radius 1 is 0.367 bits per heavy atom. The molecule has 38 heteroatoms. The van der Waals surface area contributed by atoms with E-state index < -0.39 is 76.4 Å². The molecule has 0 saturated heterocycles. The summed E-state index contributed by atoms with van der Waals surface area (Å²) in [5.41, 5.74) is 5.86. The molecule has 0 aliphatic rings. The van der Waals surface area contributed by atoms with Gasteiger partial charge in [-0.25, -0.2) is 41.4 Å². The maximum atomic E-state index is 15.0. The van der Waals surface area contributed by atoms with Crippen LogP contribution in [0.15, 0.2) is 280 Å². The second kappa shape index (κ2) is 47.6. The van der Waals surface area contributed by atoms with Crippen LogP contribution in [0.4, 0.5) is 26.3 Å². The van der Waals surface area contributed by atoms with Gasteiger partial charge in [0.1, 0.15) is 34.9 Å². The zero-order valence-electron chi connectivity index (χ0n) is 84.5. The zero-order valence-corrected chi connectivity index (χ0v) is 89.3. The number of aldehydes is 2. The topological polar surface area (TPSA) is 398 Å². The Kier molecular flexibility index (Phi) is 36.1. The van der Waals surface area contributed by atoms with Crippen LogP contribution in [0.5, 0.6) is 11.8 Å². The van der Waals surface area contributed by atoms with Crippen molar-refractivity contribution in [2.75, 3.05) is 14.2 Å². The summed E-state index contributed by atoms with van der Waals surface area (Å²) in [6.45, 7) is 28.7. The van der Waals surface area contributed by atoms with E-state index >= 15 is 4.39 Å². The van der Waals surface area contributed by atoms with Crippen molar-refractivity contribution in [1.82, 2.24) is 64.3 Å². The van der Waals surface area contributed by atoms with E-state index in [0.29, 0.717) is 126 Å². The number of fused-ring (bicyclic) bond motifs is 5. The first kappa shape index (κ1) is 114. The lowest BCUT2D eigenvalue weighted by Crippen LogP contribution is -2.29. The molecule has 8 aromatic heterocycles. The Bertz CT molecular complexity index is 8550. The van der Waals surface area contributed by atoms with E-state index in [2.05, 4.69) is 93.3 Å². The van der Waals surface area contributed by atoms with E-state index in [-0.39, 0.29) is 83.9 Å². The molecule has 0 radical (unpaired) electrons. The first-order valence-electron chi connectivity index (χ1n) is 46.4. The molecule has 0 bridgehead atoms. The number of hydrogen-bond donors (Lipinski definition) is 7. The summed E-state index contributed by atoms with van der Waals surface area (Å²) in [5, 5.41) is 72.3. The summed E-state index contributed by atoms with van der Waals surface area (Å²) >= 11 is 9.66. The molecule has 18 aromatic rings. The summed E-state index contributed by atoms with van der Waals surface area (Å²) in [6.07, 6.45) is 13.0. The molecule has 774 valence electrons. The number of aromatic nitrogens is 13. The molecule has 0 unspecified atom stereocenters. The van der Waals surface area contributed by atoms with Crippen LogP contribution in [0.1, 0.15) is 169 Å². The molecule has 7 N–H and O–H groups in total. The number of benzene rings is 10. The third-order valence-corrected chi connectivity index (χ3v) is 26.2. The number of methoxy groups -OCH3 is 2. The fraction of sp³-hybridized carbons (Fsp3) is 0.223. The molecule has 0 saturated carbocycles. The first-order valence-corrected chi connectivity index (χ1v) is 48.8. The Labute approximate surface area is 881 Å². The van der Waals surface area contributed by atoms with Crippen molar-refractivity contribution in [2.45, 2.75) is 151 Å². The highest BCUT2D eigenvalue weighted by Crippen LogP contribution is 2.37. The van der Waals surface area contributed by atoms with Gasteiger partial charge < -0.3 is 39.8 Å².